The van der Waals surface area contributed by atoms with Gasteiger partial charge in [0.05, 0.1) is 16.9 Å². The highest BCUT2D eigenvalue weighted by Gasteiger charge is 2.30. The van der Waals surface area contributed by atoms with Crippen LogP contribution in [0, 0.1) is 17.6 Å². The third-order valence-corrected chi connectivity index (χ3v) is 6.88. The molecule has 2 aliphatic rings. The van der Waals surface area contributed by atoms with Crippen LogP contribution in [0.2, 0.25) is 5.02 Å². The molecule has 0 atom stereocenters. The van der Waals surface area contributed by atoms with Gasteiger partial charge in [-0.1, -0.05) is 11.6 Å². The molecule has 11 heteroatoms. The van der Waals surface area contributed by atoms with Gasteiger partial charge in [-0.15, -0.1) is 0 Å². The van der Waals surface area contributed by atoms with Crippen LogP contribution in [0.25, 0.3) is 11.2 Å². The second-order valence-electron chi connectivity index (χ2n) is 8.76. The topological polar surface area (TPSA) is 111 Å². The summed E-state index contributed by atoms with van der Waals surface area (Å²) in [5.74, 6) is -1.21. The van der Waals surface area contributed by atoms with Gasteiger partial charge >= 0.3 is 0 Å². The number of hydrogen-bond acceptors (Lipinski definition) is 6. The summed E-state index contributed by atoms with van der Waals surface area (Å²) in [6, 6.07) is 2.12. The lowest BCUT2D eigenvalue weighted by atomic mass is 9.85. The van der Waals surface area contributed by atoms with Crippen molar-refractivity contribution in [1.82, 2.24) is 19.5 Å². The Morgan fingerprint density at radius 1 is 1.12 bits per heavy atom. The third kappa shape index (κ3) is 4.31. The lowest BCUT2D eigenvalue weighted by Gasteiger charge is -2.29. The largest absolute Gasteiger partial charge is 0.369 e. The molecule has 5 rings (SSSR count). The molecule has 3 aromatic rings. The average Bonchev–Trinajstić information content (AvgIpc) is 3.10. The van der Waals surface area contributed by atoms with Crippen molar-refractivity contribution in [3.05, 3.63) is 35.0 Å². The first kappa shape index (κ1) is 21.8. The summed E-state index contributed by atoms with van der Waals surface area (Å²) in [5.41, 5.74) is 6.56. The van der Waals surface area contributed by atoms with Crippen LogP contribution in [0.5, 0.6) is 0 Å². The van der Waals surface area contributed by atoms with Crippen molar-refractivity contribution in [3.63, 3.8) is 0 Å². The zero-order valence-electron chi connectivity index (χ0n) is 17.8. The van der Waals surface area contributed by atoms with Gasteiger partial charge in [0.2, 0.25) is 17.8 Å². The van der Waals surface area contributed by atoms with E-state index >= 15 is 0 Å². The second kappa shape index (κ2) is 8.74. The van der Waals surface area contributed by atoms with Crippen molar-refractivity contribution in [3.8, 4) is 0 Å². The summed E-state index contributed by atoms with van der Waals surface area (Å²) in [7, 11) is 0. The van der Waals surface area contributed by atoms with Crippen molar-refractivity contribution in [2.75, 3.05) is 10.6 Å². The van der Waals surface area contributed by atoms with Crippen LogP contribution in [-0.2, 0) is 4.79 Å². The summed E-state index contributed by atoms with van der Waals surface area (Å²) in [6.07, 6.45) is 7.61. The first-order valence-corrected chi connectivity index (χ1v) is 11.5. The SMILES string of the molecule is NC(=O)[C@H]1CC[C@H](n2c(Nc3c(F)cc(F)cc3Cl)nc3cnc(NC4CCC4)nc32)CC1. The van der Waals surface area contributed by atoms with Crippen LogP contribution in [0.3, 0.4) is 0 Å². The Balaban J connectivity index is 1.54. The summed E-state index contributed by atoms with van der Waals surface area (Å²) < 4.78 is 29.9. The predicted octanol–water partition coefficient (Wildman–Crippen LogP) is 4.68. The van der Waals surface area contributed by atoms with Crippen LogP contribution < -0.4 is 16.4 Å². The van der Waals surface area contributed by atoms with Gasteiger partial charge in [0.25, 0.3) is 0 Å². The molecule has 0 radical (unpaired) electrons. The zero-order chi connectivity index (χ0) is 23.1. The van der Waals surface area contributed by atoms with Crippen molar-refractivity contribution in [1.29, 1.82) is 0 Å². The van der Waals surface area contributed by atoms with Gasteiger partial charge in [0.1, 0.15) is 11.3 Å². The number of nitrogens with zero attached hydrogens (tertiary/aromatic N) is 4. The number of nitrogens with two attached hydrogens (primary N) is 1. The standard InChI is InChI=1S/C22H24ClF2N7O/c23-15-8-12(24)9-16(25)18(15)30-22-29-17-10-27-21(28-13-2-1-3-13)31-20(17)32(22)14-6-4-11(5-7-14)19(26)33/h8-11,13-14H,1-7H2,(H2,26,33)(H,29,30)(H,27,28,31)/t11-,14-. The van der Waals surface area contributed by atoms with Gasteiger partial charge in [-0.05, 0) is 51.0 Å². The monoisotopic (exact) mass is 475 g/mol. The highest BCUT2D eigenvalue weighted by Crippen LogP contribution is 2.38. The van der Waals surface area contributed by atoms with Gasteiger partial charge in [-0.25, -0.2) is 18.7 Å². The Labute approximate surface area is 193 Å². The van der Waals surface area contributed by atoms with E-state index in [9.17, 15) is 13.6 Å². The molecule has 0 unspecified atom stereocenters. The molecule has 2 heterocycles. The van der Waals surface area contributed by atoms with Crippen molar-refractivity contribution < 1.29 is 13.6 Å². The summed E-state index contributed by atoms with van der Waals surface area (Å²) in [5, 5.41) is 6.18. The van der Waals surface area contributed by atoms with E-state index in [1.807, 2.05) is 4.57 Å². The average molecular weight is 476 g/mol. The molecule has 33 heavy (non-hydrogen) atoms. The van der Waals surface area contributed by atoms with Crippen LogP contribution in [0.15, 0.2) is 18.3 Å². The number of fused-ring (bicyclic) bond motifs is 1. The maximum absolute atomic E-state index is 14.5. The summed E-state index contributed by atoms with van der Waals surface area (Å²) in [6.45, 7) is 0. The summed E-state index contributed by atoms with van der Waals surface area (Å²) in [4.78, 5) is 25.3. The van der Waals surface area contributed by atoms with Crippen molar-refractivity contribution in [2.24, 2.45) is 11.7 Å². The molecule has 0 spiro atoms. The Kier molecular flexibility index (Phi) is 5.77. The Hall–Kier alpha value is -3.01. The molecule has 2 aliphatic carbocycles. The quantitative estimate of drug-likeness (QED) is 0.477. The number of rotatable bonds is 6. The van der Waals surface area contributed by atoms with E-state index in [1.165, 1.54) is 6.42 Å². The maximum atomic E-state index is 14.5. The van der Waals surface area contributed by atoms with E-state index in [0.717, 1.165) is 25.0 Å². The van der Waals surface area contributed by atoms with Crippen LogP contribution in [0.4, 0.5) is 26.4 Å². The molecule has 2 saturated carbocycles. The minimum absolute atomic E-state index is 0.0400. The van der Waals surface area contributed by atoms with Gasteiger partial charge in [0, 0.05) is 24.1 Å². The number of benzene rings is 1. The number of nitrogens with one attached hydrogen (secondary N) is 2. The maximum Gasteiger partial charge on any atom is 0.224 e. The second-order valence-corrected chi connectivity index (χ2v) is 9.16. The number of amides is 1. The van der Waals surface area contributed by atoms with Crippen LogP contribution >= 0.6 is 11.6 Å². The summed E-state index contributed by atoms with van der Waals surface area (Å²) >= 11 is 6.11. The number of halogens is 3. The van der Waals surface area contributed by atoms with Gasteiger partial charge < -0.3 is 16.4 Å². The number of primary amides is 1. The molecular weight excluding hydrogens is 452 g/mol. The Bertz CT molecular complexity index is 1180. The smallest absolute Gasteiger partial charge is 0.224 e. The van der Waals surface area contributed by atoms with Gasteiger partial charge in [0.15, 0.2) is 11.5 Å². The van der Waals surface area contributed by atoms with E-state index in [-0.39, 0.29) is 28.6 Å². The molecule has 1 aromatic carbocycles. The normalized spacial score (nSPS) is 21.1. The van der Waals surface area contributed by atoms with E-state index in [0.29, 0.717) is 54.8 Å². The number of imidazole rings is 1. The van der Waals surface area contributed by atoms with Gasteiger partial charge in [-0.2, -0.15) is 4.98 Å². The molecule has 174 valence electrons. The lowest BCUT2D eigenvalue weighted by Crippen LogP contribution is -2.29. The van der Waals surface area contributed by atoms with Gasteiger partial charge in [-0.3, -0.25) is 9.36 Å². The zero-order valence-corrected chi connectivity index (χ0v) is 18.6. The molecule has 0 bridgehead atoms. The number of hydrogen-bond donors (Lipinski definition) is 3. The van der Waals surface area contributed by atoms with E-state index in [2.05, 4.69) is 20.6 Å². The lowest BCUT2D eigenvalue weighted by molar-refractivity contribution is -0.122. The molecule has 2 fully saturated rings. The molecular formula is C22H24ClF2N7O. The van der Waals surface area contributed by atoms with Crippen molar-refractivity contribution in [2.45, 2.75) is 57.0 Å². The third-order valence-electron chi connectivity index (χ3n) is 6.58. The Morgan fingerprint density at radius 2 is 1.88 bits per heavy atom. The molecule has 2 aromatic heterocycles. The Morgan fingerprint density at radius 3 is 2.52 bits per heavy atom. The number of carbonyl (C=O) groups excluding carboxylic acids is 1. The minimum Gasteiger partial charge on any atom is -0.369 e. The van der Waals surface area contributed by atoms with Crippen molar-refractivity contribution >= 4 is 46.3 Å². The minimum atomic E-state index is -0.825. The highest BCUT2D eigenvalue weighted by atomic mass is 35.5. The van der Waals surface area contributed by atoms with Crippen LogP contribution in [-0.4, -0.2) is 31.5 Å². The number of carbonyl (C=O) groups is 1. The molecule has 8 nitrogen and oxygen atoms in total. The fourth-order valence-corrected chi connectivity index (χ4v) is 4.76. The highest BCUT2D eigenvalue weighted by molar-refractivity contribution is 6.33. The molecule has 0 saturated heterocycles. The molecule has 1 amide bonds. The number of aromatic nitrogens is 4. The first-order chi connectivity index (χ1) is 15.9. The molecule has 4 N–H and O–H groups in total. The first-order valence-electron chi connectivity index (χ1n) is 11.1. The fourth-order valence-electron chi connectivity index (χ4n) is 4.52. The van der Waals surface area contributed by atoms with E-state index in [1.54, 1.807) is 6.20 Å². The van der Waals surface area contributed by atoms with E-state index in [4.69, 9.17) is 22.3 Å². The van der Waals surface area contributed by atoms with E-state index < -0.39 is 11.6 Å². The predicted molar refractivity (Wildman–Crippen MR) is 121 cm³/mol. The van der Waals surface area contributed by atoms with Crippen LogP contribution in [0.1, 0.15) is 51.0 Å². The number of anilines is 3. The fraction of sp³-hybridized carbons (Fsp3) is 0.455. The molecule has 0 aliphatic heterocycles.